The third-order valence-corrected chi connectivity index (χ3v) is 4.86. The van der Waals surface area contributed by atoms with Crippen molar-refractivity contribution in [2.75, 3.05) is 20.3 Å². The predicted octanol–water partition coefficient (Wildman–Crippen LogP) is 3.74. The molecule has 0 atom stereocenters. The minimum Gasteiger partial charge on any atom is -0.494 e. The molecular weight excluding hydrogens is 368 g/mol. The molecule has 1 fully saturated rings. The van der Waals surface area contributed by atoms with Gasteiger partial charge in [0.15, 0.2) is 11.6 Å². The van der Waals surface area contributed by atoms with Gasteiger partial charge in [-0.25, -0.2) is 14.3 Å². The van der Waals surface area contributed by atoms with Crippen LogP contribution in [0.5, 0.6) is 5.75 Å². The first-order valence-corrected chi connectivity index (χ1v) is 9.11. The molecule has 0 aliphatic carbocycles. The Morgan fingerprint density at radius 3 is 2.61 bits per heavy atom. The number of methoxy groups -OCH3 is 1. The van der Waals surface area contributed by atoms with Gasteiger partial charge in [0.2, 0.25) is 0 Å². The Balaban J connectivity index is 1.86. The van der Waals surface area contributed by atoms with Crippen LogP contribution in [-0.2, 0) is 4.74 Å². The van der Waals surface area contributed by atoms with Gasteiger partial charge in [0.05, 0.1) is 7.11 Å². The second kappa shape index (κ2) is 7.67. The van der Waals surface area contributed by atoms with Crippen LogP contribution in [0, 0.1) is 6.92 Å². The first-order valence-electron chi connectivity index (χ1n) is 9.11. The monoisotopic (exact) mass is 389 g/mol. The largest absolute Gasteiger partial charge is 0.494 e. The molecule has 0 radical (unpaired) electrons. The molecule has 0 spiro atoms. The topological polar surface area (TPSA) is 67.0 Å². The van der Waals surface area contributed by atoms with Crippen molar-refractivity contribution >= 4 is 0 Å². The van der Waals surface area contributed by atoms with Gasteiger partial charge in [-0.15, -0.1) is 0 Å². The van der Waals surface area contributed by atoms with Crippen LogP contribution in [0.3, 0.4) is 0 Å². The number of ether oxygens (including phenoxy) is 2. The summed E-state index contributed by atoms with van der Waals surface area (Å²) < 4.78 is 39.6. The number of halogens is 2. The molecule has 1 aliphatic heterocycles. The Morgan fingerprint density at radius 1 is 1.18 bits per heavy atom. The Bertz CT molecular complexity index is 963. The van der Waals surface area contributed by atoms with Crippen LogP contribution in [0.25, 0.3) is 17.2 Å². The number of para-hydroxylation sites is 2. The Morgan fingerprint density at radius 2 is 1.93 bits per heavy atom. The van der Waals surface area contributed by atoms with E-state index in [0.717, 1.165) is 12.8 Å². The molecule has 7 nitrogen and oxygen atoms in total. The smallest absolute Gasteiger partial charge is 0.333 e. The van der Waals surface area contributed by atoms with Gasteiger partial charge in [-0.3, -0.25) is 0 Å². The molecule has 1 aromatic carbocycles. The lowest BCUT2D eigenvalue weighted by molar-refractivity contribution is 0.0546. The van der Waals surface area contributed by atoms with E-state index in [-0.39, 0.29) is 5.92 Å². The van der Waals surface area contributed by atoms with E-state index < -0.39 is 6.55 Å². The molecule has 9 heteroatoms. The van der Waals surface area contributed by atoms with E-state index in [1.807, 2.05) is 24.3 Å². The molecule has 3 aromatic rings. The van der Waals surface area contributed by atoms with Gasteiger partial charge in [0, 0.05) is 24.8 Å². The number of rotatable bonds is 5. The van der Waals surface area contributed by atoms with Gasteiger partial charge < -0.3 is 9.47 Å². The number of hydrogen-bond donors (Lipinski definition) is 0. The Labute approximate surface area is 160 Å². The maximum absolute atomic E-state index is 13.2. The minimum absolute atomic E-state index is 0.154. The molecule has 1 saturated heterocycles. The average Bonchev–Trinajstić information content (AvgIpc) is 3.32. The summed E-state index contributed by atoms with van der Waals surface area (Å²) in [5.74, 6) is 1.83. The van der Waals surface area contributed by atoms with Gasteiger partial charge >= 0.3 is 6.55 Å². The van der Waals surface area contributed by atoms with Crippen LogP contribution >= 0.6 is 0 Å². The maximum atomic E-state index is 13.2. The molecule has 0 bridgehead atoms. The highest BCUT2D eigenvalue weighted by atomic mass is 19.3. The van der Waals surface area contributed by atoms with E-state index in [1.165, 1.54) is 0 Å². The lowest BCUT2D eigenvalue weighted by atomic mass is 10.00. The Hall–Kier alpha value is -2.81. The standard InChI is InChI=1S/C19H21F2N5O2/c1-12-11-14(23-25(12)19(20)21)18-22-17(13-7-9-28-10-8-13)24-26(18)15-5-3-4-6-16(15)27-2/h3-6,11,13,19H,7-10H2,1-2H3. The molecule has 0 unspecified atom stereocenters. The molecule has 0 N–H and O–H groups in total. The van der Waals surface area contributed by atoms with Crippen molar-refractivity contribution in [1.29, 1.82) is 0 Å². The molecule has 4 rings (SSSR count). The van der Waals surface area contributed by atoms with E-state index in [0.29, 0.717) is 52.4 Å². The van der Waals surface area contributed by atoms with Crippen molar-refractivity contribution < 1.29 is 18.3 Å². The molecule has 2 aromatic heterocycles. The summed E-state index contributed by atoms with van der Waals surface area (Å²) in [5.41, 5.74) is 1.37. The van der Waals surface area contributed by atoms with E-state index in [4.69, 9.17) is 14.6 Å². The van der Waals surface area contributed by atoms with Gasteiger partial charge in [-0.1, -0.05) is 12.1 Å². The summed E-state index contributed by atoms with van der Waals surface area (Å²) in [6, 6.07) is 8.98. The quantitative estimate of drug-likeness (QED) is 0.665. The minimum atomic E-state index is -2.72. The van der Waals surface area contributed by atoms with Gasteiger partial charge in [-0.05, 0) is 38.0 Å². The zero-order chi connectivity index (χ0) is 19.7. The van der Waals surface area contributed by atoms with Gasteiger partial charge in [0.25, 0.3) is 0 Å². The summed E-state index contributed by atoms with van der Waals surface area (Å²) in [6.07, 6.45) is 1.64. The van der Waals surface area contributed by atoms with Gasteiger partial charge in [0.1, 0.15) is 17.1 Å². The fourth-order valence-electron chi connectivity index (χ4n) is 3.39. The number of nitrogens with zero attached hydrogens (tertiary/aromatic N) is 5. The fraction of sp³-hybridized carbons (Fsp3) is 0.421. The molecule has 0 saturated carbocycles. The zero-order valence-corrected chi connectivity index (χ0v) is 15.7. The van der Waals surface area contributed by atoms with Gasteiger partial charge in [-0.2, -0.15) is 19.0 Å². The molecule has 28 heavy (non-hydrogen) atoms. The number of alkyl halides is 2. The Kier molecular flexibility index (Phi) is 5.08. The lowest BCUT2D eigenvalue weighted by Gasteiger charge is -2.18. The number of benzene rings is 1. The first kappa shape index (κ1) is 18.5. The van der Waals surface area contributed by atoms with Crippen LogP contribution in [0.1, 0.15) is 36.8 Å². The van der Waals surface area contributed by atoms with Crippen molar-refractivity contribution in [2.24, 2.45) is 0 Å². The number of aryl methyl sites for hydroxylation is 1. The molecule has 3 heterocycles. The van der Waals surface area contributed by atoms with Crippen LogP contribution in [0.2, 0.25) is 0 Å². The second-order valence-corrected chi connectivity index (χ2v) is 6.66. The maximum Gasteiger partial charge on any atom is 0.333 e. The molecular formula is C19H21F2N5O2. The van der Waals surface area contributed by atoms with Crippen LogP contribution in [-0.4, -0.2) is 44.9 Å². The van der Waals surface area contributed by atoms with Crippen molar-refractivity contribution in [3.05, 3.63) is 41.9 Å². The van der Waals surface area contributed by atoms with E-state index in [2.05, 4.69) is 10.1 Å². The fourth-order valence-corrected chi connectivity index (χ4v) is 3.39. The molecule has 1 aliphatic rings. The SMILES string of the molecule is COc1ccccc1-n1nc(C2CCOCC2)nc1-c1cc(C)n(C(F)F)n1. The summed E-state index contributed by atoms with van der Waals surface area (Å²) in [5, 5.41) is 8.76. The first-order chi connectivity index (χ1) is 13.6. The van der Waals surface area contributed by atoms with Crippen LogP contribution in [0.15, 0.2) is 30.3 Å². The van der Waals surface area contributed by atoms with Crippen molar-refractivity contribution in [1.82, 2.24) is 24.5 Å². The average molecular weight is 389 g/mol. The van der Waals surface area contributed by atoms with Crippen molar-refractivity contribution in [3.8, 4) is 23.0 Å². The third kappa shape index (κ3) is 3.37. The third-order valence-electron chi connectivity index (χ3n) is 4.86. The van der Waals surface area contributed by atoms with Crippen molar-refractivity contribution in [3.63, 3.8) is 0 Å². The number of hydrogen-bond acceptors (Lipinski definition) is 5. The summed E-state index contributed by atoms with van der Waals surface area (Å²) in [4.78, 5) is 4.69. The molecule has 148 valence electrons. The van der Waals surface area contributed by atoms with E-state index >= 15 is 0 Å². The predicted molar refractivity (Wildman–Crippen MR) is 97.9 cm³/mol. The number of aromatic nitrogens is 5. The van der Waals surface area contributed by atoms with Crippen molar-refractivity contribution in [2.45, 2.75) is 32.2 Å². The van der Waals surface area contributed by atoms with E-state index in [1.54, 1.807) is 24.8 Å². The zero-order valence-electron chi connectivity index (χ0n) is 15.7. The van der Waals surface area contributed by atoms with Crippen LogP contribution < -0.4 is 4.74 Å². The summed E-state index contributed by atoms with van der Waals surface area (Å²) in [6.45, 7) is 0.183. The normalized spacial score (nSPS) is 15.3. The molecule has 0 amide bonds. The van der Waals surface area contributed by atoms with E-state index in [9.17, 15) is 8.78 Å². The second-order valence-electron chi connectivity index (χ2n) is 6.66. The highest BCUT2D eigenvalue weighted by Crippen LogP contribution is 2.31. The highest BCUT2D eigenvalue weighted by Gasteiger charge is 2.26. The van der Waals surface area contributed by atoms with Crippen LogP contribution in [0.4, 0.5) is 8.78 Å². The highest BCUT2D eigenvalue weighted by molar-refractivity contribution is 5.57. The lowest BCUT2D eigenvalue weighted by Crippen LogP contribution is -2.15. The summed E-state index contributed by atoms with van der Waals surface area (Å²) in [7, 11) is 1.57. The summed E-state index contributed by atoms with van der Waals surface area (Å²) >= 11 is 0.